The molecule has 12 rings (SSSR count). The molecule has 3 aromatic heterocycles. The lowest BCUT2D eigenvalue weighted by atomic mass is 9.98. The van der Waals surface area contributed by atoms with Gasteiger partial charge in [0.1, 0.15) is 0 Å². The van der Waals surface area contributed by atoms with E-state index >= 15 is 0 Å². The normalized spacial score (nSPS) is 11.9. The molecule has 0 atom stereocenters. The zero-order valence-corrected chi connectivity index (χ0v) is 31.7. The lowest BCUT2D eigenvalue weighted by Crippen LogP contribution is -1.93. The molecule has 0 fully saturated rings. The Morgan fingerprint density at radius 3 is 1.40 bits per heavy atom. The third-order valence-corrected chi connectivity index (χ3v) is 12.9. The van der Waals surface area contributed by atoms with Crippen molar-refractivity contribution in [3.63, 3.8) is 0 Å². The molecule has 57 heavy (non-hydrogen) atoms. The van der Waals surface area contributed by atoms with Crippen molar-refractivity contribution < 1.29 is 0 Å². The standard InChI is InChI=1S/C54H34N2S/c1-2-10-41(11-3-1)56-49-15-7-4-12-43(49)45-29-24-40(34-52(45)56)36-20-18-35(19-21-36)38-25-30-51-47(32-38)44-13-5-8-16-50(44)55(51)42-27-22-37(23-28-42)39-26-31-54-48(33-39)46-14-6-9-17-53(46)57-54/h1-34H. The molecule has 9 aromatic carbocycles. The molecular weight excluding hydrogens is 709 g/mol. The van der Waals surface area contributed by atoms with Crippen LogP contribution in [0.15, 0.2) is 206 Å². The number of thiophene rings is 1. The van der Waals surface area contributed by atoms with Crippen LogP contribution in [0.1, 0.15) is 0 Å². The van der Waals surface area contributed by atoms with E-state index in [4.69, 9.17) is 0 Å². The molecule has 2 nitrogen and oxygen atoms in total. The van der Waals surface area contributed by atoms with Crippen LogP contribution in [0.4, 0.5) is 0 Å². The molecular formula is C54H34N2S. The number of aromatic nitrogens is 2. The Morgan fingerprint density at radius 2 is 0.684 bits per heavy atom. The summed E-state index contributed by atoms with van der Waals surface area (Å²) in [5.41, 5.74) is 14.5. The first-order valence-corrected chi connectivity index (χ1v) is 20.3. The molecule has 0 unspecified atom stereocenters. The SMILES string of the molecule is c1ccc(-n2c3ccccc3c3ccc(-c4ccc(-c5ccc6c(c5)c5ccccc5n6-c5ccc(-c6ccc7sc8ccccc8c7c6)cc5)cc4)cc32)cc1. The molecule has 0 radical (unpaired) electrons. The Morgan fingerprint density at radius 1 is 0.246 bits per heavy atom. The van der Waals surface area contributed by atoms with E-state index in [1.807, 2.05) is 11.3 Å². The fourth-order valence-corrected chi connectivity index (χ4v) is 10.1. The molecule has 0 bridgehead atoms. The Hall–Kier alpha value is -7.20. The van der Waals surface area contributed by atoms with Gasteiger partial charge in [-0.25, -0.2) is 0 Å². The second-order valence-electron chi connectivity index (χ2n) is 14.9. The summed E-state index contributed by atoms with van der Waals surface area (Å²) in [7, 11) is 0. The molecule has 0 aliphatic rings. The number of para-hydroxylation sites is 3. The van der Waals surface area contributed by atoms with Crippen LogP contribution >= 0.6 is 11.3 Å². The zero-order valence-electron chi connectivity index (χ0n) is 30.9. The average Bonchev–Trinajstić information content (AvgIpc) is 3.94. The number of hydrogen-bond donors (Lipinski definition) is 0. The van der Waals surface area contributed by atoms with E-state index < -0.39 is 0 Å². The molecule has 3 heteroatoms. The van der Waals surface area contributed by atoms with E-state index in [0.717, 1.165) is 5.69 Å². The Labute approximate surface area is 333 Å². The summed E-state index contributed by atoms with van der Waals surface area (Å²) in [6.45, 7) is 0. The molecule has 0 saturated carbocycles. The maximum atomic E-state index is 2.40. The summed E-state index contributed by atoms with van der Waals surface area (Å²) in [5.74, 6) is 0. The van der Waals surface area contributed by atoms with E-state index in [9.17, 15) is 0 Å². The number of fused-ring (bicyclic) bond motifs is 9. The van der Waals surface area contributed by atoms with Gasteiger partial charge < -0.3 is 9.13 Å². The second-order valence-corrected chi connectivity index (χ2v) is 16.0. The van der Waals surface area contributed by atoms with Gasteiger partial charge in [-0.2, -0.15) is 0 Å². The van der Waals surface area contributed by atoms with Gasteiger partial charge in [-0.1, -0.05) is 133 Å². The van der Waals surface area contributed by atoms with Crippen molar-refractivity contribution in [2.75, 3.05) is 0 Å². The van der Waals surface area contributed by atoms with Crippen molar-refractivity contribution in [1.82, 2.24) is 9.13 Å². The molecule has 0 aliphatic heterocycles. The van der Waals surface area contributed by atoms with Crippen LogP contribution in [-0.4, -0.2) is 9.13 Å². The largest absolute Gasteiger partial charge is 0.309 e. The minimum absolute atomic E-state index is 1.16. The van der Waals surface area contributed by atoms with Crippen molar-refractivity contribution in [1.29, 1.82) is 0 Å². The highest BCUT2D eigenvalue weighted by molar-refractivity contribution is 7.25. The van der Waals surface area contributed by atoms with E-state index in [0.29, 0.717) is 0 Å². The molecule has 0 saturated heterocycles. The quantitative estimate of drug-likeness (QED) is 0.166. The lowest BCUT2D eigenvalue weighted by Gasteiger charge is -2.11. The first-order chi connectivity index (χ1) is 28.2. The molecule has 0 spiro atoms. The summed E-state index contributed by atoms with van der Waals surface area (Å²) in [6.07, 6.45) is 0. The van der Waals surface area contributed by atoms with Gasteiger partial charge in [0, 0.05) is 53.1 Å². The Kier molecular flexibility index (Phi) is 7.13. The fraction of sp³-hybridized carbons (Fsp3) is 0. The highest BCUT2D eigenvalue weighted by atomic mass is 32.1. The summed E-state index contributed by atoms with van der Waals surface area (Å²) >= 11 is 1.86. The molecule has 3 heterocycles. The van der Waals surface area contributed by atoms with Crippen molar-refractivity contribution >= 4 is 75.1 Å². The van der Waals surface area contributed by atoms with Crippen LogP contribution in [0.3, 0.4) is 0 Å². The molecule has 0 N–H and O–H groups in total. The number of benzene rings is 9. The van der Waals surface area contributed by atoms with Crippen molar-refractivity contribution in [3.05, 3.63) is 206 Å². The van der Waals surface area contributed by atoms with Gasteiger partial charge in [0.25, 0.3) is 0 Å². The summed E-state index contributed by atoms with van der Waals surface area (Å²) in [4.78, 5) is 0. The van der Waals surface area contributed by atoms with Crippen LogP contribution in [0.2, 0.25) is 0 Å². The summed E-state index contributed by atoms with van der Waals surface area (Å²) in [5, 5.41) is 7.71. The third kappa shape index (κ3) is 5.10. The molecule has 266 valence electrons. The fourth-order valence-electron chi connectivity index (χ4n) is 9.00. The first kappa shape index (κ1) is 32.1. The van der Waals surface area contributed by atoms with Crippen LogP contribution < -0.4 is 0 Å². The predicted molar refractivity (Wildman–Crippen MR) is 244 cm³/mol. The monoisotopic (exact) mass is 742 g/mol. The molecule has 0 aliphatic carbocycles. The van der Waals surface area contributed by atoms with Crippen LogP contribution in [-0.2, 0) is 0 Å². The van der Waals surface area contributed by atoms with Gasteiger partial charge in [0.15, 0.2) is 0 Å². The average molecular weight is 743 g/mol. The van der Waals surface area contributed by atoms with Crippen molar-refractivity contribution in [3.8, 4) is 44.8 Å². The Bertz CT molecular complexity index is 3490. The third-order valence-electron chi connectivity index (χ3n) is 11.7. The number of nitrogens with zero attached hydrogens (tertiary/aromatic N) is 2. The summed E-state index contributed by atoms with van der Waals surface area (Å²) in [6, 6.07) is 75.7. The molecule has 12 aromatic rings. The van der Waals surface area contributed by atoms with Gasteiger partial charge >= 0.3 is 0 Å². The minimum Gasteiger partial charge on any atom is -0.309 e. The van der Waals surface area contributed by atoms with E-state index in [-0.39, 0.29) is 0 Å². The maximum absolute atomic E-state index is 2.40. The first-order valence-electron chi connectivity index (χ1n) is 19.5. The maximum Gasteiger partial charge on any atom is 0.0547 e. The Balaban J connectivity index is 0.896. The smallest absolute Gasteiger partial charge is 0.0547 e. The van der Waals surface area contributed by atoms with Gasteiger partial charge in [-0.15, -0.1) is 11.3 Å². The highest BCUT2D eigenvalue weighted by Crippen LogP contribution is 2.39. The zero-order chi connectivity index (χ0) is 37.5. The van der Waals surface area contributed by atoms with Crippen molar-refractivity contribution in [2.45, 2.75) is 0 Å². The topological polar surface area (TPSA) is 9.86 Å². The predicted octanol–water partition coefficient (Wildman–Crippen LogP) is 15.2. The van der Waals surface area contributed by atoms with Gasteiger partial charge in [0.05, 0.1) is 22.1 Å². The lowest BCUT2D eigenvalue weighted by molar-refractivity contribution is 1.18. The van der Waals surface area contributed by atoms with E-state index in [1.165, 1.54) is 103 Å². The summed E-state index contributed by atoms with van der Waals surface area (Å²) < 4.78 is 7.46. The van der Waals surface area contributed by atoms with Crippen LogP contribution in [0.25, 0.3) is 109 Å². The number of hydrogen-bond acceptors (Lipinski definition) is 1. The number of rotatable bonds is 5. The van der Waals surface area contributed by atoms with Crippen molar-refractivity contribution in [2.24, 2.45) is 0 Å². The van der Waals surface area contributed by atoms with Crippen LogP contribution in [0, 0.1) is 0 Å². The molecule has 0 amide bonds. The highest BCUT2D eigenvalue weighted by Gasteiger charge is 2.16. The van der Waals surface area contributed by atoms with Gasteiger partial charge in [-0.3, -0.25) is 0 Å². The van der Waals surface area contributed by atoms with E-state index in [1.54, 1.807) is 0 Å². The van der Waals surface area contributed by atoms with E-state index in [2.05, 4.69) is 215 Å². The second kappa shape index (κ2) is 12.7. The van der Waals surface area contributed by atoms with Gasteiger partial charge in [-0.05, 0) is 106 Å². The van der Waals surface area contributed by atoms with Crippen LogP contribution in [0.5, 0.6) is 0 Å². The van der Waals surface area contributed by atoms with Gasteiger partial charge in [0.2, 0.25) is 0 Å². The minimum atomic E-state index is 1.16.